The van der Waals surface area contributed by atoms with Crippen LogP contribution in [0.5, 0.6) is 11.5 Å². The van der Waals surface area contributed by atoms with E-state index in [-0.39, 0.29) is 6.61 Å². The minimum absolute atomic E-state index is 0.248. The SMILES string of the molecule is Cc1cc(Br)cc(C)c1OC(C)C(=O)NNC(=O)COc1c(C)cc(Br)cc1Br. The third-order valence-electron chi connectivity index (χ3n) is 3.96. The second kappa shape index (κ2) is 10.4. The van der Waals surface area contributed by atoms with Gasteiger partial charge in [0.2, 0.25) is 0 Å². The number of hydrazine groups is 1. The summed E-state index contributed by atoms with van der Waals surface area (Å²) in [6, 6.07) is 7.53. The molecule has 6 nitrogen and oxygen atoms in total. The quantitative estimate of drug-likeness (QED) is 0.468. The van der Waals surface area contributed by atoms with Crippen molar-refractivity contribution in [1.29, 1.82) is 0 Å². The molecule has 2 aromatic carbocycles. The molecule has 0 bridgehead atoms. The minimum atomic E-state index is -0.794. The van der Waals surface area contributed by atoms with Crippen LogP contribution in [0.3, 0.4) is 0 Å². The van der Waals surface area contributed by atoms with E-state index in [1.54, 1.807) is 6.92 Å². The monoisotopic (exact) mass is 590 g/mol. The highest BCUT2D eigenvalue weighted by atomic mass is 79.9. The van der Waals surface area contributed by atoms with E-state index in [1.807, 2.05) is 45.0 Å². The van der Waals surface area contributed by atoms with E-state index >= 15 is 0 Å². The Bertz CT molecular complexity index is 888. The molecule has 0 spiro atoms. The van der Waals surface area contributed by atoms with Gasteiger partial charge in [0.05, 0.1) is 4.47 Å². The van der Waals surface area contributed by atoms with Gasteiger partial charge in [-0.15, -0.1) is 0 Å². The molecule has 0 heterocycles. The molecule has 0 saturated heterocycles. The Balaban J connectivity index is 1.86. The summed E-state index contributed by atoms with van der Waals surface area (Å²) < 4.78 is 13.9. The maximum absolute atomic E-state index is 12.2. The largest absolute Gasteiger partial charge is 0.482 e. The molecule has 0 aliphatic rings. The summed E-state index contributed by atoms with van der Waals surface area (Å²) in [6.45, 7) is 7.04. The summed E-state index contributed by atoms with van der Waals surface area (Å²) in [5.74, 6) is 0.241. The summed E-state index contributed by atoms with van der Waals surface area (Å²) in [5, 5.41) is 0. The van der Waals surface area contributed by atoms with Crippen LogP contribution >= 0.6 is 47.8 Å². The summed E-state index contributed by atoms with van der Waals surface area (Å²) in [7, 11) is 0. The molecular formula is C20H21Br3N2O4. The predicted molar refractivity (Wildman–Crippen MR) is 122 cm³/mol. The molecular weight excluding hydrogens is 572 g/mol. The summed E-state index contributed by atoms with van der Waals surface area (Å²) in [5.41, 5.74) is 7.37. The van der Waals surface area contributed by atoms with Gasteiger partial charge in [-0.1, -0.05) is 31.9 Å². The Morgan fingerprint density at radius 1 is 0.897 bits per heavy atom. The highest BCUT2D eigenvalue weighted by Gasteiger charge is 2.18. The van der Waals surface area contributed by atoms with Crippen LogP contribution in [0.2, 0.25) is 0 Å². The van der Waals surface area contributed by atoms with Gasteiger partial charge in [0.25, 0.3) is 11.8 Å². The second-order valence-corrected chi connectivity index (χ2v) is 9.17. The summed E-state index contributed by atoms with van der Waals surface area (Å²) in [4.78, 5) is 24.3. The number of carbonyl (C=O) groups excluding carboxylic acids is 2. The fraction of sp³-hybridized carbons (Fsp3) is 0.300. The first-order chi connectivity index (χ1) is 13.6. The molecule has 1 atom stereocenters. The first kappa shape index (κ1) is 23.7. The van der Waals surface area contributed by atoms with Crippen molar-refractivity contribution < 1.29 is 19.1 Å². The van der Waals surface area contributed by atoms with Crippen LogP contribution in [-0.4, -0.2) is 24.5 Å². The van der Waals surface area contributed by atoms with Crippen molar-refractivity contribution in [3.63, 3.8) is 0 Å². The van der Waals surface area contributed by atoms with E-state index in [0.717, 1.165) is 30.1 Å². The van der Waals surface area contributed by atoms with Crippen LogP contribution in [0.15, 0.2) is 37.7 Å². The van der Waals surface area contributed by atoms with Crippen LogP contribution in [-0.2, 0) is 9.59 Å². The van der Waals surface area contributed by atoms with Crippen molar-refractivity contribution in [1.82, 2.24) is 10.9 Å². The second-order valence-electron chi connectivity index (χ2n) is 6.49. The zero-order valence-electron chi connectivity index (χ0n) is 16.4. The van der Waals surface area contributed by atoms with Crippen molar-refractivity contribution in [2.45, 2.75) is 33.8 Å². The number of halogens is 3. The highest BCUT2D eigenvalue weighted by Crippen LogP contribution is 2.32. The standard InChI is InChI=1S/C20H21Br3N2O4/c1-10-5-14(21)6-11(2)18(10)29-13(4)20(27)25-24-17(26)9-28-19-12(3)7-15(22)8-16(19)23/h5-8,13H,9H2,1-4H3,(H,24,26)(H,25,27). The van der Waals surface area contributed by atoms with Gasteiger partial charge in [0, 0.05) is 8.95 Å². The number of rotatable bonds is 6. The fourth-order valence-electron chi connectivity index (χ4n) is 2.59. The molecule has 0 fully saturated rings. The lowest BCUT2D eigenvalue weighted by Gasteiger charge is -2.18. The Morgan fingerprint density at radius 2 is 1.41 bits per heavy atom. The lowest BCUT2D eigenvalue weighted by molar-refractivity contribution is -0.133. The average molecular weight is 593 g/mol. The Hall–Kier alpha value is -1.58. The van der Waals surface area contributed by atoms with Gasteiger partial charge in [-0.2, -0.15) is 0 Å². The van der Waals surface area contributed by atoms with E-state index < -0.39 is 17.9 Å². The fourth-order valence-corrected chi connectivity index (χ4v) is 4.83. The molecule has 0 aliphatic heterocycles. The number of amides is 2. The number of benzene rings is 2. The third kappa shape index (κ3) is 6.72. The maximum Gasteiger partial charge on any atom is 0.279 e. The van der Waals surface area contributed by atoms with Crippen LogP contribution < -0.4 is 20.3 Å². The molecule has 2 N–H and O–H groups in total. The lowest BCUT2D eigenvalue weighted by atomic mass is 10.1. The molecule has 2 rings (SSSR count). The molecule has 29 heavy (non-hydrogen) atoms. The molecule has 2 amide bonds. The van der Waals surface area contributed by atoms with E-state index in [0.29, 0.717) is 11.5 Å². The number of nitrogens with one attached hydrogen (secondary N) is 2. The van der Waals surface area contributed by atoms with Gasteiger partial charge in [-0.25, -0.2) is 0 Å². The maximum atomic E-state index is 12.2. The molecule has 2 aromatic rings. The zero-order valence-corrected chi connectivity index (χ0v) is 21.1. The van der Waals surface area contributed by atoms with E-state index in [2.05, 4.69) is 58.6 Å². The number of carbonyl (C=O) groups is 2. The van der Waals surface area contributed by atoms with Crippen molar-refractivity contribution in [3.8, 4) is 11.5 Å². The predicted octanol–water partition coefficient (Wildman–Crippen LogP) is 4.89. The van der Waals surface area contributed by atoms with Crippen molar-refractivity contribution in [2.24, 2.45) is 0 Å². The number of ether oxygens (including phenoxy) is 2. The first-order valence-corrected chi connectivity index (χ1v) is 11.1. The molecule has 9 heteroatoms. The molecule has 0 aromatic heterocycles. The van der Waals surface area contributed by atoms with Crippen molar-refractivity contribution in [3.05, 3.63) is 54.4 Å². The van der Waals surface area contributed by atoms with Gasteiger partial charge in [-0.05, 0) is 84.6 Å². The minimum Gasteiger partial charge on any atom is -0.482 e. The Kier molecular flexibility index (Phi) is 8.54. The third-order valence-corrected chi connectivity index (χ3v) is 5.46. The van der Waals surface area contributed by atoms with E-state index in [9.17, 15) is 9.59 Å². The van der Waals surface area contributed by atoms with Gasteiger partial charge < -0.3 is 9.47 Å². The van der Waals surface area contributed by atoms with Gasteiger partial charge >= 0.3 is 0 Å². The van der Waals surface area contributed by atoms with Crippen LogP contribution in [0, 0.1) is 20.8 Å². The van der Waals surface area contributed by atoms with Gasteiger partial charge in [0.15, 0.2) is 12.7 Å². The molecule has 0 radical (unpaired) electrons. The molecule has 0 aliphatic carbocycles. The van der Waals surface area contributed by atoms with Crippen LogP contribution in [0.1, 0.15) is 23.6 Å². The molecule has 156 valence electrons. The first-order valence-electron chi connectivity index (χ1n) is 8.69. The zero-order chi connectivity index (χ0) is 21.7. The van der Waals surface area contributed by atoms with Crippen LogP contribution in [0.4, 0.5) is 0 Å². The van der Waals surface area contributed by atoms with Crippen molar-refractivity contribution >= 4 is 59.6 Å². The van der Waals surface area contributed by atoms with E-state index in [4.69, 9.17) is 9.47 Å². The molecule has 0 saturated carbocycles. The average Bonchev–Trinajstić information content (AvgIpc) is 2.61. The Labute approximate surface area is 195 Å². The van der Waals surface area contributed by atoms with E-state index in [1.165, 1.54) is 0 Å². The topological polar surface area (TPSA) is 76.7 Å². The van der Waals surface area contributed by atoms with Gasteiger partial charge in [-0.3, -0.25) is 20.4 Å². The van der Waals surface area contributed by atoms with Gasteiger partial charge in [0.1, 0.15) is 11.5 Å². The number of hydrogen-bond donors (Lipinski definition) is 2. The lowest BCUT2D eigenvalue weighted by Crippen LogP contribution is -2.48. The number of aryl methyl sites for hydroxylation is 3. The summed E-state index contributed by atoms with van der Waals surface area (Å²) in [6.07, 6.45) is -0.794. The Morgan fingerprint density at radius 3 is 1.97 bits per heavy atom. The van der Waals surface area contributed by atoms with Crippen molar-refractivity contribution in [2.75, 3.05) is 6.61 Å². The normalized spacial score (nSPS) is 11.6. The summed E-state index contributed by atoms with van der Waals surface area (Å²) >= 11 is 10.2. The smallest absolute Gasteiger partial charge is 0.279 e. The van der Waals surface area contributed by atoms with Crippen LogP contribution in [0.25, 0.3) is 0 Å². The highest BCUT2D eigenvalue weighted by molar-refractivity contribution is 9.11. The molecule has 1 unspecified atom stereocenters. The number of hydrogen-bond acceptors (Lipinski definition) is 4.